The number of halogens is 3. The molecule has 0 fully saturated rings. The van der Waals surface area contributed by atoms with E-state index in [9.17, 15) is 35.2 Å². The topological polar surface area (TPSA) is 178 Å². The van der Waals surface area contributed by atoms with E-state index in [1.807, 2.05) is 0 Å². The van der Waals surface area contributed by atoms with E-state index in [1.165, 1.54) is 44.3 Å². The van der Waals surface area contributed by atoms with Gasteiger partial charge in [-0.2, -0.15) is 0 Å². The van der Waals surface area contributed by atoms with Crippen molar-refractivity contribution in [2.45, 2.75) is 37.3 Å². The molecular weight excluding hydrogens is 622 g/mol. The zero-order valence-electron chi connectivity index (χ0n) is 22.3. The Labute approximate surface area is 244 Å². The minimum Gasteiger partial charge on any atom is -0.471 e. The van der Waals surface area contributed by atoms with E-state index < -0.39 is 56.0 Å². The quantitative estimate of drug-likeness (QED) is 0.298. The number of anilines is 1. The number of pyridine rings is 1. The number of fused-ring (bicyclic) bond motifs is 1. The molecule has 0 unspecified atom stereocenters. The SMILES string of the molecule is CC(C)(CS(C)(=O)=O)NC(=O)c1c(NC(=O)c2cc(OCC(F)F)nn2-c2ncccc2Cl)ccc2c1CNS2(=O)=O. The van der Waals surface area contributed by atoms with Gasteiger partial charge in [0, 0.05) is 36.2 Å². The molecule has 42 heavy (non-hydrogen) atoms. The summed E-state index contributed by atoms with van der Waals surface area (Å²) in [5, 5.41) is 9.21. The van der Waals surface area contributed by atoms with Gasteiger partial charge in [-0.25, -0.2) is 40.0 Å². The normalized spacial score (nSPS) is 14.5. The summed E-state index contributed by atoms with van der Waals surface area (Å²) in [6, 6.07) is 6.44. The highest BCUT2D eigenvalue weighted by molar-refractivity contribution is 7.90. The molecule has 0 bridgehead atoms. The van der Waals surface area contributed by atoms with Crippen LogP contribution in [0.2, 0.25) is 5.02 Å². The van der Waals surface area contributed by atoms with Gasteiger partial charge in [0.25, 0.3) is 18.2 Å². The first-order valence-corrected chi connectivity index (χ1v) is 16.0. The van der Waals surface area contributed by atoms with Crippen LogP contribution in [0.1, 0.15) is 40.3 Å². The van der Waals surface area contributed by atoms with Crippen molar-refractivity contribution >= 4 is 49.0 Å². The first-order valence-electron chi connectivity index (χ1n) is 12.1. The second-order valence-electron chi connectivity index (χ2n) is 9.94. The van der Waals surface area contributed by atoms with Crippen LogP contribution in [0.5, 0.6) is 5.88 Å². The molecule has 1 aliphatic heterocycles. The zero-order chi connectivity index (χ0) is 31.0. The van der Waals surface area contributed by atoms with Gasteiger partial charge in [-0.05, 0) is 38.1 Å². The number of carbonyl (C=O) groups is 2. The number of nitrogens with one attached hydrogen (secondary N) is 3. The van der Waals surface area contributed by atoms with Crippen LogP contribution < -0.4 is 20.1 Å². The van der Waals surface area contributed by atoms with Crippen molar-refractivity contribution in [1.29, 1.82) is 0 Å². The second kappa shape index (κ2) is 11.5. The zero-order valence-corrected chi connectivity index (χ0v) is 24.7. The van der Waals surface area contributed by atoms with Crippen molar-refractivity contribution in [3.8, 4) is 11.7 Å². The van der Waals surface area contributed by atoms with Crippen LogP contribution >= 0.6 is 11.6 Å². The largest absolute Gasteiger partial charge is 0.471 e. The van der Waals surface area contributed by atoms with Crippen molar-refractivity contribution < 1.29 is 39.9 Å². The number of sulfonamides is 1. The number of hydrogen-bond acceptors (Lipinski definition) is 9. The lowest BCUT2D eigenvalue weighted by molar-refractivity contribution is 0.0793. The van der Waals surface area contributed by atoms with E-state index in [1.54, 1.807) is 0 Å². The maximum atomic E-state index is 13.6. The van der Waals surface area contributed by atoms with Crippen molar-refractivity contribution in [3.05, 3.63) is 58.4 Å². The van der Waals surface area contributed by atoms with E-state index in [-0.39, 0.29) is 50.7 Å². The third-order valence-electron chi connectivity index (χ3n) is 5.77. The lowest BCUT2D eigenvalue weighted by Gasteiger charge is -2.26. The molecule has 3 aromatic rings. The average molecular weight is 647 g/mol. The molecule has 1 aliphatic rings. The van der Waals surface area contributed by atoms with Crippen molar-refractivity contribution in [2.75, 3.05) is 23.9 Å². The number of aromatic nitrogens is 3. The van der Waals surface area contributed by atoms with Gasteiger partial charge in [0.2, 0.25) is 15.9 Å². The number of nitrogens with zero attached hydrogens (tertiary/aromatic N) is 3. The third kappa shape index (κ3) is 7.03. The monoisotopic (exact) mass is 646 g/mol. The van der Waals surface area contributed by atoms with Crippen LogP contribution in [0.15, 0.2) is 41.4 Å². The molecule has 0 saturated carbocycles. The highest BCUT2D eigenvalue weighted by atomic mass is 35.5. The minimum atomic E-state index is -3.94. The average Bonchev–Trinajstić information content (AvgIpc) is 3.41. The highest BCUT2D eigenvalue weighted by Crippen LogP contribution is 2.32. The van der Waals surface area contributed by atoms with Crippen molar-refractivity contribution in [1.82, 2.24) is 24.8 Å². The van der Waals surface area contributed by atoms with Crippen molar-refractivity contribution in [3.63, 3.8) is 0 Å². The molecule has 1 aromatic carbocycles. The smallest absolute Gasteiger partial charge is 0.274 e. The van der Waals surface area contributed by atoms with E-state index in [4.69, 9.17) is 16.3 Å². The van der Waals surface area contributed by atoms with E-state index in [2.05, 4.69) is 25.4 Å². The van der Waals surface area contributed by atoms with Crippen molar-refractivity contribution in [2.24, 2.45) is 0 Å². The fraction of sp³-hybridized carbons (Fsp3) is 0.333. The van der Waals surface area contributed by atoms with Crippen LogP contribution in [0, 0.1) is 0 Å². The molecule has 13 nitrogen and oxygen atoms in total. The number of alkyl halides is 2. The number of hydrogen-bond donors (Lipinski definition) is 3. The molecule has 0 aliphatic carbocycles. The number of benzene rings is 1. The summed E-state index contributed by atoms with van der Waals surface area (Å²) in [7, 11) is -7.47. The van der Waals surface area contributed by atoms with Gasteiger partial charge in [0.1, 0.15) is 15.5 Å². The summed E-state index contributed by atoms with van der Waals surface area (Å²) in [4.78, 5) is 31.0. The Morgan fingerprint density at radius 1 is 1.24 bits per heavy atom. The number of carbonyl (C=O) groups excluding carboxylic acids is 2. The Hall–Kier alpha value is -3.67. The summed E-state index contributed by atoms with van der Waals surface area (Å²) in [5.74, 6) is -2.55. The standard InChI is InChI=1S/C24H25ClF2N6O7S2/c1-24(2,12-41(3,36)37)31-23(35)20-13-10-29-42(38,39)17(13)7-6-15(20)30-22(34)16-9-19(40-11-18(26)27)32-33(16)21-14(25)5-4-8-28-21/h4-9,18,29H,10-12H2,1-3H3,(H,30,34)(H,31,35). The molecule has 226 valence electrons. The van der Waals surface area contributed by atoms with Gasteiger partial charge >= 0.3 is 0 Å². The Morgan fingerprint density at radius 2 is 1.95 bits per heavy atom. The summed E-state index contributed by atoms with van der Waals surface area (Å²) in [6.07, 6.45) is -0.464. The molecule has 0 atom stereocenters. The fourth-order valence-electron chi connectivity index (χ4n) is 4.35. The fourth-order valence-corrected chi connectivity index (χ4v) is 7.17. The molecule has 0 radical (unpaired) electrons. The molecule has 0 spiro atoms. The number of amides is 2. The third-order valence-corrected chi connectivity index (χ3v) is 8.79. The van der Waals surface area contributed by atoms with Crippen LogP contribution in [-0.4, -0.2) is 74.0 Å². The maximum absolute atomic E-state index is 13.6. The van der Waals surface area contributed by atoms with Crippen LogP contribution in [0.25, 0.3) is 5.82 Å². The number of rotatable bonds is 10. The minimum absolute atomic E-state index is 0.0269. The Bertz CT molecular complexity index is 1780. The highest BCUT2D eigenvalue weighted by Gasteiger charge is 2.35. The molecule has 4 rings (SSSR count). The summed E-state index contributed by atoms with van der Waals surface area (Å²) >= 11 is 6.22. The van der Waals surface area contributed by atoms with E-state index in [0.29, 0.717) is 0 Å². The molecule has 3 N–H and O–H groups in total. The molecule has 2 amide bonds. The van der Waals surface area contributed by atoms with Crippen LogP contribution in [-0.2, 0) is 26.4 Å². The molecule has 18 heteroatoms. The Kier molecular flexibility index (Phi) is 8.59. The van der Waals surface area contributed by atoms with Gasteiger partial charge in [0.15, 0.2) is 12.4 Å². The first-order chi connectivity index (χ1) is 19.5. The van der Waals surface area contributed by atoms with Gasteiger partial charge in [-0.15, -0.1) is 5.10 Å². The Balaban J connectivity index is 1.77. The lowest BCUT2D eigenvalue weighted by atomic mass is 10.0. The van der Waals surface area contributed by atoms with Crippen LogP contribution in [0.4, 0.5) is 14.5 Å². The van der Waals surface area contributed by atoms with Gasteiger partial charge in [-0.3, -0.25) is 9.59 Å². The van der Waals surface area contributed by atoms with Gasteiger partial charge < -0.3 is 15.4 Å². The summed E-state index contributed by atoms with van der Waals surface area (Å²) < 4.78 is 82.5. The molecule has 2 aromatic heterocycles. The lowest BCUT2D eigenvalue weighted by Crippen LogP contribution is -2.48. The number of ether oxygens (including phenoxy) is 1. The first kappa shape index (κ1) is 31.3. The van der Waals surface area contributed by atoms with E-state index in [0.717, 1.165) is 17.0 Å². The maximum Gasteiger partial charge on any atom is 0.274 e. The summed E-state index contributed by atoms with van der Waals surface area (Å²) in [6.45, 7) is 1.66. The molecule has 3 heterocycles. The van der Waals surface area contributed by atoms with E-state index >= 15 is 0 Å². The number of sulfone groups is 1. The molecular formula is C24H25ClF2N6O7S2. The molecule has 0 saturated heterocycles. The summed E-state index contributed by atoms with van der Waals surface area (Å²) in [5.41, 5.74) is -1.85. The predicted octanol–water partition coefficient (Wildman–Crippen LogP) is 2.16. The Morgan fingerprint density at radius 3 is 2.60 bits per heavy atom. The predicted molar refractivity (Wildman–Crippen MR) is 148 cm³/mol. The van der Waals surface area contributed by atoms with Gasteiger partial charge in [-0.1, -0.05) is 11.6 Å². The van der Waals surface area contributed by atoms with Gasteiger partial charge in [0.05, 0.1) is 26.9 Å². The second-order valence-corrected chi connectivity index (χ2v) is 14.2. The van der Waals surface area contributed by atoms with Crippen LogP contribution in [0.3, 0.4) is 0 Å².